The molecular weight excluding hydrogens is 330 g/mol. The Morgan fingerprint density at radius 3 is 2.74 bits per heavy atom. The number of aromatic nitrogens is 1. The molecule has 1 saturated carbocycles. The number of carbonyl (C=O) groups excluding carboxylic acids is 1. The van der Waals surface area contributed by atoms with Crippen molar-refractivity contribution in [3.05, 3.63) is 41.4 Å². The van der Waals surface area contributed by atoms with E-state index in [1.807, 2.05) is 35.2 Å². The number of hydrogen-bond acceptors (Lipinski definition) is 4. The normalized spacial score (nSPS) is 26.0. The molecule has 2 aliphatic rings. The Hall–Kier alpha value is -1.43. The molecule has 0 radical (unpaired) electrons. The predicted octanol–water partition coefficient (Wildman–Crippen LogP) is 3.04. The molecule has 2 N–H and O–H groups in total. The number of nitrogens with two attached hydrogens (primary N) is 1. The molecule has 23 heavy (non-hydrogen) atoms. The van der Waals surface area contributed by atoms with Gasteiger partial charge in [-0.05, 0) is 24.7 Å². The van der Waals surface area contributed by atoms with Crippen LogP contribution in [-0.4, -0.2) is 34.9 Å². The highest BCUT2D eigenvalue weighted by Gasteiger charge is 2.42. The van der Waals surface area contributed by atoms with E-state index in [1.54, 1.807) is 6.20 Å². The highest BCUT2D eigenvalue weighted by Crippen LogP contribution is 2.38. The largest absolute Gasteiger partial charge is 0.337 e. The van der Waals surface area contributed by atoms with Gasteiger partial charge in [0.25, 0.3) is 5.91 Å². The van der Waals surface area contributed by atoms with E-state index >= 15 is 0 Å². The maximum Gasteiger partial charge on any atom is 0.265 e. The highest BCUT2D eigenvalue weighted by molar-refractivity contribution is 7.16. The number of benzene rings is 1. The van der Waals surface area contributed by atoms with Gasteiger partial charge in [-0.15, -0.1) is 23.7 Å². The number of nitrogens with zero attached hydrogens (tertiary/aromatic N) is 2. The number of rotatable bonds is 2. The Morgan fingerprint density at radius 1 is 1.22 bits per heavy atom. The number of halogens is 1. The lowest BCUT2D eigenvalue weighted by Gasteiger charge is -2.17. The molecule has 122 valence electrons. The first kappa shape index (κ1) is 16.4. The van der Waals surface area contributed by atoms with E-state index in [2.05, 4.69) is 4.98 Å². The molecule has 1 aliphatic carbocycles. The van der Waals surface area contributed by atoms with Gasteiger partial charge in [-0.1, -0.05) is 30.3 Å². The lowest BCUT2D eigenvalue weighted by atomic mass is 9.98. The molecule has 1 amide bonds. The van der Waals surface area contributed by atoms with Gasteiger partial charge in [-0.3, -0.25) is 4.79 Å². The van der Waals surface area contributed by atoms with Crippen LogP contribution >= 0.6 is 23.7 Å². The number of hydrogen-bond donors (Lipinski definition) is 1. The molecule has 4 nitrogen and oxygen atoms in total. The number of thiazole rings is 1. The summed E-state index contributed by atoms with van der Waals surface area (Å²) in [7, 11) is 0. The third-order valence-corrected chi connectivity index (χ3v) is 5.97. The number of amides is 1. The van der Waals surface area contributed by atoms with Gasteiger partial charge >= 0.3 is 0 Å². The van der Waals surface area contributed by atoms with Gasteiger partial charge in [0.05, 0.1) is 6.20 Å². The lowest BCUT2D eigenvalue weighted by molar-refractivity contribution is 0.0784. The minimum atomic E-state index is 0. The van der Waals surface area contributed by atoms with E-state index < -0.39 is 0 Å². The van der Waals surface area contributed by atoms with Crippen LogP contribution in [0.3, 0.4) is 0 Å². The van der Waals surface area contributed by atoms with E-state index in [4.69, 9.17) is 5.73 Å². The fourth-order valence-electron chi connectivity index (χ4n) is 3.72. The molecule has 1 aromatic heterocycles. The third kappa shape index (κ3) is 3.01. The van der Waals surface area contributed by atoms with Crippen LogP contribution in [0.1, 0.15) is 22.5 Å². The van der Waals surface area contributed by atoms with E-state index in [-0.39, 0.29) is 24.4 Å². The molecule has 4 rings (SSSR count). The zero-order chi connectivity index (χ0) is 15.1. The first-order chi connectivity index (χ1) is 10.7. The number of fused-ring (bicyclic) bond motifs is 1. The van der Waals surface area contributed by atoms with E-state index in [1.165, 1.54) is 11.3 Å². The average molecular weight is 350 g/mol. The fourth-order valence-corrected chi connectivity index (χ4v) is 4.61. The average Bonchev–Trinajstić information content (AvgIpc) is 3.25. The summed E-state index contributed by atoms with van der Waals surface area (Å²) in [6, 6.07) is 10.3. The zero-order valence-corrected chi connectivity index (χ0v) is 14.4. The van der Waals surface area contributed by atoms with Gasteiger partial charge in [0, 0.05) is 24.7 Å². The summed E-state index contributed by atoms with van der Waals surface area (Å²) in [5.41, 5.74) is 7.22. The topological polar surface area (TPSA) is 59.2 Å². The summed E-state index contributed by atoms with van der Waals surface area (Å²) in [4.78, 5) is 19.8. The van der Waals surface area contributed by atoms with Gasteiger partial charge in [-0.25, -0.2) is 4.98 Å². The molecule has 0 bridgehead atoms. The maximum atomic E-state index is 12.7. The molecule has 6 heteroatoms. The lowest BCUT2D eigenvalue weighted by Crippen LogP contribution is -2.33. The fraction of sp³-hybridized carbons (Fsp3) is 0.412. The first-order valence-corrected chi connectivity index (χ1v) is 8.60. The van der Waals surface area contributed by atoms with Crippen molar-refractivity contribution >= 4 is 29.7 Å². The van der Waals surface area contributed by atoms with Crippen molar-refractivity contribution in [1.82, 2.24) is 9.88 Å². The van der Waals surface area contributed by atoms with Crippen LogP contribution in [0.25, 0.3) is 10.6 Å². The van der Waals surface area contributed by atoms with Crippen molar-refractivity contribution < 1.29 is 4.79 Å². The molecular formula is C17H20ClN3OS. The van der Waals surface area contributed by atoms with Crippen molar-refractivity contribution in [3.63, 3.8) is 0 Å². The maximum absolute atomic E-state index is 12.7. The van der Waals surface area contributed by atoms with Crippen molar-refractivity contribution in [2.75, 3.05) is 13.1 Å². The Balaban J connectivity index is 0.00000156. The summed E-state index contributed by atoms with van der Waals surface area (Å²) < 4.78 is 0. The van der Waals surface area contributed by atoms with Crippen molar-refractivity contribution in [3.8, 4) is 10.6 Å². The van der Waals surface area contributed by atoms with Gasteiger partial charge in [0.1, 0.15) is 9.88 Å². The van der Waals surface area contributed by atoms with Crippen molar-refractivity contribution in [2.45, 2.75) is 18.9 Å². The minimum Gasteiger partial charge on any atom is -0.337 e. The van der Waals surface area contributed by atoms with Crippen LogP contribution < -0.4 is 5.73 Å². The summed E-state index contributed by atoms with van der Waals surface area (Å²) in [6.07, 6.45) is 3.98. The Morgan fingerprint density at radius 2 is 2.00 bits per heavy atom. The molecule has 1 aromatic carbocycles. The Bertz CT molecular complexity index is 690. The zero-order valence-electron chi connectivity index (χ0n) is 12.7. The summed E-state index contributed by atoms with van der Waals surface area (Å²) in [5.74, 6) is 1.20. The third-order valence-electron chi connectivity index (χ3n) is 4.94. The standard InChI is InChI=1S/C17H19N3OS.ClH/c18-14-7-6-12-9-20(10-13(12)14)17(21)15-8-19-16(22-15)11-4-2-1-3-5-11;/h1-5,8,12-14H,6-7,9-10,18H2;1H. The Kier molecular flexibility index (Phi) is 4.71. The van der Waals surface area contributed by atoms with Crippen LogP contribution in [0.4, 0.5) is 0 Å². The van der Waals surface area contributed by atoms with Crippen LogP contribution in [0.5, 0.6) is 0 Å². The van der Waals surface area contributed by atoms with Gasteiger partial charge in [0.15, 0.2) is 0 Å². The molecule has 2 heterocycles. The molecule has 1 aliphatic heterocycles. The van der Waals surface area contributed by atoms with E-state index in [9.17, 15) is 4.79 Å². The van der Waals surface area contributed by atoms with E-state index in [0.29, 0.717) is 11.8 Å². The molecule has 1 saturated heterocycles. The molecule has 2 aromatic rings. The predicted molar refractivity (Wildman–Crippen MR) is 94.9 cm³/mol. The smallest absolute Gasteiger partial charge is 0.265 e. The van der Waals surface area contributed by atoms with Crippen LogP contribution in [0, 0.1) is 11.8 Å². The van der Waals surface area contributed by atoms with Gasteiger partial charge < -0.3 is 10.6 Å². The monoisotopic (exact) mass is 349 g/mol. The van der Waals surface area contributed by atoms with Crippen LogP contribution in [-0.2, 0) is 0 Å². The van der Waals surface area contributed by atoms with Gasteiger partial charge in [-0.2, -0.15) is 0 Å². The van der Waals surface area contributed by atoms with Crippen molar-refractivity contribution in [1.29, 1.82) is 0 Å². The minimum absolute atomic E-state index is 0. The van der Waals surface area contributed by atoms with Crippen LogP contribution in [0.2, 0.25) is 0 Å². The summed E-state index contributed by atoms with van der Waals surface area (Å²) in [5, 5.41) is 0.903. The number of carbonyl (C=O) groups is 1. The number of likely N-dealkylation sites (tertiary alicyclic amines) is 1. The van der Waals surface area contributed by atoms with Gasteiger partial charge in [0.2, 0.25) is 0 Å². The van der Waals surface area contributed by atoms with E-state index in [0.717, 1.165) is 41.4 Å². The van der Waals surface area contributed by atoms with Crippen LogP contribution in [0.15, 0.2) is 36.5 Å². The second-order valence-electron chi connectivity index (χ2n) is 6.27. The quantitative estimate of drug-likeness (QED) is 0.906. The molecule has 0 spiro atoms. The molecule has 2 fully saturated rings. The second kappa shape index (κ2) is 6.59. The summed E-state index contributed by atoms with van der Waals surface area (Å²) in [6.45, 7) is 1.67. The first-order valence-electron chi connectivity index (χ1n) is 7.78. The molecule has 3 unspecified atom stereocenters. The Labute approximate surface area is 146 Å². The SMILES string of the molecule is Cl.NC1CCC2CN(C(=O)c3cnc(-c4ccccc4)s3)CC12. The second-order valence-corrected chi connectivity index (χ2v) is 7.30. The van der Waals surface area contributed by atoms with Crippen molar-refractivity contribution in [2.24, 2.45) is 17.6 Å². The molecule has 3 atom stereocenters. The highest BCUT2D eigenvalue weighted by atomic mass is 35.5. The summed E-state index contributed by atoms with van der Waals surface area (Å²) >= 11 is 1.48.